The highest BCUT2D eigenvalue weighted by atomic mass is 16.2. The number of carbonyl (C=O) groups excluding carboxylic acids is 1. The maximum Gasteiger partial charge on any atom is 0.225 e. The second kappa shape index (κ2) is 8.89. The minimum absolute atomic E-state index is 0.265. The topological polar surface area (TPSA) is 71.0 Å². The number of anilines is 1. The predicted octanol–water partition coefficient (Wildman–Crippen LogP) is 4.14. The SMILES string of the molecule is Cc1nc(-c2ccccn2)nc(NC2CCN(C(=O)C3CCCCC3)CC2)c1C. The molecule has 1 saturated heterocycles. The monoisotopic (exact) mass is 393 g/mol. The van der Waals surface area contributed by atoms with Crippen molar-refractivity contribution in [2.75, 3.05) is 18.4 Å². The van der Waals surface area contributed by atoms with Crippen LogP contribution in [0.15, 0.2) is 24.4 Å². The Balaban J connectivity index is 1.40. The number of carbonyl (C=O) groups is 1. The lowest BCUT2D eigenvalue weighted by Gasteiger charge is -2.35. The molecular weight excluding hydrogens is 362 g/mol. The molecule has 29 heavy (non-hydrogen) atoms. The van der Waals surface area contributed by atoms with Crippen molar-refractivity contribution in [2.24, 2.45) is 5.92 Å². The minimum Gasteiger partial charge on any atom is -0.367 e. The van der Waals surface area contributed by atoms with Crippen LogP contribution in [-0.2, 0) is 4.79 Å². The Morgan fingerprint density at radius 2 is 1.79 bits per heavy atom. The van der Waals surface area contributed by atoms with E-state index in [4.69, 9.17) is 4.98 Å². The van der Waals surface area contributed by atoms with Gasteiger partial charge in [0, 0.05) is 42.5 Å². The molecule has 3 heterocycles. The number of pyridine rings is 1. The van der Waals surface area contributed by atoms with E-state index >= 15 is 0 Å². The summed E-state index contributed by atoms with van der Waals surface area (Å²) in [6.07, 6.45) is 9.53. The third kappa shape index (κ3) is 4.57. The van der Waals surface area contributed by atoms with Crippen LogP contribution in [0.3, 0.4) is 0 Å². The van der Waals surface area contributed by atoms with E-state index in [0.29, 0.717) is 17.8 Å². The summed E-state index contributed by atoms with van der Waals surface area (Å²) in [6.45, 7) is 5.74. The van der Waals surface area contributed by atoms with Crippen LogP contribution in [0.4, 0.5) is 5.82 Å². The summed E-state index contributed by atoms with van der Waals surface area (Å²) in [4.78, 5) is 28.6. The third-order valence-corrected chi connectivity index (χ3v) is 6.39. The molecule has 2 fully saturated rings. The van der Waals surface area contributed by atoms with Crippen molar-refractivity contribution in [3.8, 4) is 11.5 Å². The summed E-state index contributed by atoms with van der Waals surface area (Å²) in [5.74, 6) is 2.19. The number of aromatic nitrogens is 3. The fourth-order valence-electron chi connectivity index (χ4n) is 4.42. The predicted molar refractivity (Wildman–Crippen MR) is 115 cm³/mol. The number of hydrogen-bond donors (Lipinski definition) is 1. The van der Waals surface area contributed by atoms with E-state index in [1.54, 1.807) is 6.20 Å². The van der Waals surface area contributed by atoms with E-state index in [0.717, 1.165) is 61.5 Å². The minimum atomic E-state index is 0.265. The van der Waals surface area contributed by atoms with Crippen LogP contribution in [-0.4, -0.2) is 44.9 Å². The van der Waals surface area contributed by atoms with E-state index in [1.165, 1.54) is 19.3 Å². The first kappa shape index (κ1) is 19.8. The number of hydrogen-bond acceptors (Lipinski definition) is 5. The molecule has 0 radical (unpaired) electrons. The van der Waals surface area contributed by atoms with Crippen LogP contribution in [0.25, 0.3) is 11.5 Å². The molecule has 2 aliphatic rings. The molecule has 2 aromatic rings. The molecule has 6 nitrogen and oxygen atoms in total. The van der Waals surface area contributed by atoms with Gasteiger partial charge in [-0.2, -0.15) is 0 Å². The number of aryl methyl sites for hydroxylation is 1. The van der Waals surface area contributed by atoms with Gasteiger partial charge >= 0.3 is 0 Å². The van der Waals surface area contributed by atoms with Crippen molar-refractivity contribution in [2.45, 2.75) is 64.8 Å². The molecule has 0 spiro atoms. The van der Waals surface area contributed by atoms with Gasteiger partial charge < -0.3 is 10.2 Å². The molecule has 0 bridgehead atoms. The first-order valence-electron chi connectivity index (χ1n) is 10.9. The van der Waals surface area contributed by atoms with Gasteiger partial charge in [0.2, 0.25) is 5.91 Å². The molecule has 1 amide bonds. The summed E-state index contributed by atoms with van der Waals surface area (Å²) < 4.78 is 0. The van der Waals surface area contributed by atoms with Gasteiger partial charge in [0.15, 0.2) is 5.82 Å². The fourth-order valence-corrected chi connectivity index (χ4v) is 4.42. The quantitative estimate of drug-likeness (QED) is 0.845. The Morgan fingerprint density at radius 1 is 1.03 bits per heavy atom. The molecular formula is C23H31N5O. The Labute approximate surface area is 173 Å². The second-order valence-corrected chi connectivity index (χ2v) is 8.40. The molecule has 4 rings (SSSR count). The van der Waals surface area contributed by atoms with E-state index in [1.807, 2.05) is 25.1 Å². The lowest BCUT2D eigenvalue weighted by molar-refractivity contribution is -0.137. The van der Waals surface area contributed by atoms with Gasteiger partial charge in [0.1, 0.15) is 11.5 Å². The molecule has 154 valence electrons. The Kier molecular flexibility index (Phi) is 6.07. The van der Waals surface area contributed by atoms with Crippen LogP contribution < -0.4 is 5.32 Å². The van der Waals surface area contributed by atoms with Crippen LogP contribution in [0.2, 0.25) is 0 Å². The molecule has 6 heteroatoms. The van der Waals surface area contributed by atoms with Crippen molar-refractivity contribution in [1.82, 2.24) is 19.9 Å². The smallest absolute Gasteiger partial charge is 0.225 e. The van der Waals surface area contributed by atoms with Gasteiger partial charge in [-0.1, -0.05) is 25.3 Å². The Bertz CT molecular complexity index is 840. The Hall–Kier alpha value is -2.50. The molecule has 0 aromatic carbocycles. The van der Waals surface area contributed by atoms with Gasteiger partial charge in [0.25, 0.3) is 0 Å². The van der Waals surface area contributed by atoms with E-state index in [-0.39, 0.29) is 5.92 Å². The van der Waals surface area contributed by atoms with E-state index in [2.05, 4.69) is 27.1 Å². The van der Waals surface area contributed by atoms with Crippen LogP contribution in [0, 0.1) is 19.8 Å². The molecule has 2 aromatic heterocycles. The van der Waals surface area contributed by atoms with Crippen molar-refractivity contribution in [1.29, 1.82) is 0 Å². The van der Waals surface area contributed by atoms with Gasteiger partial charge in [-0.05, 0) is 51.7 Å². The Morgan fingerprint density at radius 3 is 2.48 bits per heavy atom. The third-order valence-electron chi connectivity index (χ3n) is 6.39. The molecule has 1 aliphatic carbocycles. The molecule has 0 atom stereocenters. The number of likely N-dealkylation sites (tertiary alicyclic amines) is 1. The maximum atomic E-state index is 12.8. The fraction of sp³-hybridized carbons (Fsp3) is 0.565. The average Bonchev–Trinajstić information content (AvgIpc) is 2.78. The highest BCUT2D eigenvalue weighted by Crippen LogP contribution is 2.28. The van der Waals surface area contributed by atoms with Crippen LogP contribution in [0.5, 0.6) is 0 Å². The van der Waals surface area contributed by atoms with Crippen molar-refractivity contribution in [3.63, 3.8) is 0 Å². The standard InChI is InChI=1S/C23H31N5O/c1-16-17(2)25-22(20-10-6-7-13-24-20)27-21(16)26-19-11-14-28(15-12-19)23(29)18-8-4-3-5-9-18/h6-7,10,13,18-19H,3-5,8-9,11-12,14-15H2,1-2H3,(H,25,26,27). The molecule has 1 saturated carbocycles. The van der Waals surface area contributed by atoms with Crippen molar-refractivity contribution >= 4 is 11.7 Å². The van der Waals surface area contributed by atoms with Gasteiger partial charge in [0.05, 0.1) is 0 Å². The highest BCUT2D eigenvalue weighted by molar-refractivity contribution is 5.79. The zero-order chi connectivity index (χ0) is 20.2. The van der Waals surface area contributed by atoms with Crippen molar-refractivity contribution < 1.29 is 4.79 Å². The van der Waals surface area contributed by atoms with Gasteiger partial charge in [-0.15, -0.1) is 0 Å². The second-order valence-electron chi connectivity index (χ2n) is 8.40. The highest BCUT2D eigenvalue weighted by Gasteiger charge is 2.29. The average molecular weight is 394 g/mol. The zero-order valence-electron chi connectivity index (χ0n) is 17.5. The number of piperidine rings is 1. The van der Waals surface area contributed by atoms with E-state index in [9.17, 15) is 4.79 Å². The van der Waals surface area contributed by atoms with Crippen molar-refractivity contribution in [3.05, 3.63) is 35.7 Å². The van der Waals surface area contributed by atoms with Gasteiger partial charge in [-0.25, -0.2) is 9.97 Å². The zero-order valence-corrected chi connectivity index (χ0v) is 17.5. The summed E-state index contributed by atoms with van der Waals surface area (Å²) in [5, 5.41) is 3.62. The molecule has 1 N–H and O–H groups in total. The van der Waals surface area contributed by atoms with E-state index < -0.39 is 0 Å². The molecule has 0 unspecified atom stereocenters. The largest absolute Gasteiger partial charge is 0.367 e. The van der Waals surface area contributed by atoms with Gasteiger partial charge in [-0.3, -0.25) is 9.78 Å². The molecule has 1 aliphatic heterocycles. The number of nitrogens with one attached hydrogen (secondary N) is 1. The summed E-state index contributed by atoms with van der Waals surface area (Å²) in [5.41, 5.74) is 2.82. The number of rotatable bonds is 4. The summed E-state index contributed by atoms with van der Waals surface area (Å²) >= 11 is 0. The summed E-state index contributed by atoms with van der Waals surface area (Å²) in [6, 6.07) is 6.11. The number of amides is 1. The maximum absolute atomic E-state index is 12.8. The lowest BCUT2D eigenvalue weighted by atomic mass is 9.87. The number of nitrogens with zero attached hydrogens (tertiary/aromatic N) is 4. The lowest BCUT2D eigenvalue weighted by Crippen LogP contribution is -2.45. The first-order valence-corrected chi connectivity index (χ1v) is 10.9. The van der Waals surface area contributed by atoms with Crippen LogP contribution in [0.1, 0.15) is 56.2 Å². The normalized spacial score (nSPS) is 18.6. The summed E-state index contributed by atoms with van der Waals surface area (Å²) in [7, 11) is 0. The first-order chi connectivity index (χ1) is 14.1. The van der Waals surface area contributed by atoms with Crippen LogP contribution >= 0.6 is 0 Å².